The fourth-order valence-corrected chi connectivity index (χ4v) is 8.48. The molecule has 42 heavy (non-hydrogen) atoms. The van der Waals surface area contributed by atoms with Crippen LogP contribution in [0.3, 0.4) is 0 Å². The Kier molecular flexibility index (Phi) is 12.1. The Hall–Kier alpha value is -1.06. The highest BCUT2D eigenvalue weighted by molar-refractivity contribution is 6.70. The number of carbonyl (C=O) groups excluding carboxylic acids is 2. The quantitative estimate of drug-likeness (QED) is 0.0834. The summed E-state index contributed by atoms with van der Waals surface area (Å²) >= 11 is 0. The van der Waals surface area contributed by atoms with Gasteiger partial charge in [0, 0.05) is 31.4 Å². The van der Waals surface area contributed by atoms with E-state index in [1.54, 1.807) is 0 Å². The molecule has 7 atom stereocenters. The van der Waals surface area contributed by atoms with Crippen LogP contribution in [0.2, 0.25) is 58.9 Å². The van der Waals surface area contributed by atoms with Crippen LogP contribution in [-0.2, 0) is 27.5 Å². The number of halogens is 1. The summed E-state index contributed by atoms with van der Waals surface area (Å²) in [6, 6.07) is 5.29. The highest BCUT2D eigenvalue weighted by atomic mass is 28.4. The van der Waals surface area contributed by atoms with Gasteiger partial charge >= 0.3 is 0 Å². The minimum Gasteiger partial charge on any atom is -0.418 e. The number of ketones is 2. The highest BCUT2D eigenvalue weighted by Crippen LogP contribution is 2.39. The van der Waals surface area contributed by atoms with Crippen molar-refractivity contribution in [3.63, 3.8) is 0 Å². The van der Waals surface area contributed by atoms with Gasteiger partial charge in [0.2, 0.25) is 0 Å². The first-order valence-electron chi connectivity index (χ1n) is 15.4. The lowest BCUT2D eigenvalue weighted by Crippen LogP contribution is -2.56. The van der Waals surface area contributed by atoms with Gasteiger partial charge in [-0.2, -0.15) is 0 Å². The molecule has 238 valence electrons. The fraction of sp³-hybridized carbons (Fsp3) is 0.742. The van der Waals surface area contributed by atoms with Crippen LogP contribution >= 0.6 is 0 Å². The van der Waals surface area contributed by atoms with Crippen LogP contribution in [0.1, 0.15) is 49.4 Å². The first-order valence-corrected chi connectivity index (χ1v) is 25.6. The van der Waals surface area contributed by atoms with Crippen LogP contribution in [0.4, 0.5) is 4.39 Å². The molecular weight excluding hydrogens is 588 g/mol. The maximum atomic E-state index is 13.3. The lowest BCUT2D eigenvalue weighted by atomic mass is 9.90. The highest BCUT2D eigenvalue weighted by Gasteiger charge is 2.49. The monoisotopic (exact) mass is 640 g/mol. The number of Topliss-reactive ketones (excluding diaryl/α,β-unsaturated/α-hetero) is 2. The van der Waals surface area contributed by atoms with Crippen molar-refractivity contribution in [2.24, 2.45) is 5.92 Å². The Bertz CT molecular complexity index is 1050. The van der Waals surface area contributed by atoms with Gasteiger partial charge in [-0.1, -0.05) is 6.92 Å². The summed E-state index contributed by atoms with van der Waals surface area (Å²) in [5, 5.41) is 0. The van der Waals surface area contributed by atoms with E-state index in [4.69, 9.17) is 22.8 Å². The van der Waals surface area contributed by atoms with E-state index in [0.29, 0.717) is 17.9 Å². The predicted molar refractivity (Wildman–Crippen MR) is 171 cm³/mol. The second kappa shape index (κ2) is 14.4. The van der Waals surface area contributed by atoms with Crippen molar-refractivity contribution in [2.75, 3.05) is 6.61 Å². The molecule has 0 aromatic heterocycles. The topological polar surface area (TPSA) is 83.6 Å². The normalized spacial score (nSPS) is 27.5. The van der Waals surface area contributed by atoms with Gasteiger partial charge in [-0.05, 0) is 95.5 Å². The Morgan fingerprint density at radius 3 is 2.10 bits per heavy atom. The molecule has 2 fully saturated rings. The zero-order valence-electron chi connectivity index (χ0n) is 27.3. The molecule has 3 rings (SSSR count). The third-order valence-corrected chi connectivity index (χ3v) is 10.4. The van der Waals surface area contributed by atoms with E-state index in [1.807, 2.05) is 0 Å². The summed E-state index contributed by atoms with van der Waals surface area (Å²) in [7, 11) is -5.52. The third-order valence-electron chi connectivity index (χ3n) is 7.33. The molecule has 2 aliphatic rings. The zero-order chi connectivity index (χ0) is 31.5. The summed E-state index contributed by atoms with van der Waals surface area (Å²) in [5.74, 6) is -0.578. The van der Waals surface area contributed by atoms with Crippen molar-refractivity contribution in [1.29, 1.82) is 0 Å². The van der Waals surface area contributed by atoms with Crippen LogP contribution in [0, 0.1) is 11.7 Å². The van der Waals surface area contributed by atoms with Crippen LogP contribution in [-0.4, -0.2) is 79.7 Å². The van der Waals surface area contributed by atoms with E-state index < -0.39 is 43.0 Å². The van der Waals surface area contributed by atoms with E-state index in [1.165, 1.54) is 24.3 Å². The number of hydrogen-bond acceptors (Lipinski definition) is 7. The van der Waals surface area contributed by atoms with Crippen molar-refractivity contribution < 1.29 is 36.7 Å². The average Bonchev–Trinajstić information content (AvgIpc) is 3.58. The number of carbonyl (C=O) groups is 2. The van der Waals surface area contributed by atoms with Crippen LogP contribution in [0.15, 0.2) is 24.3 Å². The number of rotatable bonds is 16. The van der Waals surface area contributed by atoms with E-state index in [0.717, 1.165) is 19.4 Å². The summed E-state index contributed by atoms with van der Waals surface area (Å²) in [5.41, 5.74) is 0.323. The van der Waals surface area contributed by atoms with Gasteiger partial charge in [0.1, 0.15) is 11.6 Å². The second-order valence-corrected chi connectivity index (χ2v) is 28.4. The van der Waals surface area contributed by atoms with Gasteiger partial charge < -0.3 is 22.8 Å². The van der Waals surface area contributed by atoms with E-state index in [-0.39, 0.29) is 48.8 Å². The summed E-state index contributed by atoms with van der Waals surface area (Å²) in [6.07, 6.45) is 1.20. The van der Waals surface area contributed by atoms with Gasteiger partial charge in [0.05, 0.1) is 43.0 Å². The SMILES string of the molecule is C[C@@H](CCO[Si](C)(C)C)[C@@H]1O[C@H]1C[C@H]1C[C@@H](O[Si](C)(C)C)[C@H](O[Si](C)(C)C)[C@H](CC(=O)CC(=O)c2ccc(F)cc2)O1. The molecular formula is C31H53FO7Si3. The molecule has 7 nitrogen and oxygen atoms in total. The van der Waals surface area contributed by atoms with Gasteiger partial charge in [-0.25, -0.2) is 4.39 Å². The lowest BCUT2D eigenvalue weighted by molar-refractivity contribution is -0.165. The lowest BCUT2D eigenvalue weighted by Gasteiger charge is -2.46. The molecule has 2 heterocycles. The number of epoxide rings is 1. The Labute approximate surface area is 255 Å². The second-order valence-electron chi connectivity index (χ2n) is 14.9. The number of benzene rings is 1. The molecule has 0 radical (unpaired) electrons. The van der Waals surface area contributed by atoms with Crippen LogP contribution < -0.4 is 0 Å². The zero-order valence-corrected chi connectivity index (χ0v) is 30.3. The van der Waals surface area contributed by atoms with Crippen LogP contribution in [0.5, 0.6) is 0 Å². The Morgan fingerprint density at radius 1 is 0.905 bits per heavy atom. The maximum Gasteiger partial charge on any atom is 0.184 e. The molecule has 0 saturated carbocycles. The molecule has 2 aliphatic heterocycles. The van der Waals surface area contributed by atoms with Crippen LogP contribution in [0.25, 0.3) is 0 Å². The van der Waals surface area contributed by atoms with Gasteiger partial charge in [0.15, 0.2) is 30.7 Å². The fourth-order valence-electron chi connectivity index (χ4n) is 5.49. The average molecular weight is 641 g/mol. The van der Waals surface area contributed by atoms with Gasteiger partial charge in [-0.15, -0.1) is 0 Å². The van der Waals surface area contributed by atoms with Crippen molar-refractivity contribution in [1.82, 2.24) is 0 Å². The Balaban J connectivity index is 1.70. The third kappa shape index (κ3) is 12.1. The first-order chi connectivity index (χ1) is 19.3. The smallest absolute Gasteiger partial charge is 0.184 e. The van der Waals surface area contributed by atoms with Crippen molar-refractivity contribution in [3.8, 4) is 0 Å². The molecule has 0 unspecified atom stereocenters. The standard InChI is InChI=1S/C31H53FO7Si3/c1-21(15-16-35-40(2,3)4)30-28(37-30)19-25-20-29(38-41(5,6)7)31(39-42(8,9)10)27(36-25)18-24(33)17-26(34)22-11-13-23(32)14-12-22/h11-14,21,25,27-31H,15-20H2,1-10H3/t21-,25-,27-,28-,29+,30-,31+/m0/s1. The molecule has 0 bridgehead atoms. The molecule has 0 aliphatic carbocycles. The van der Waals surface area contributed by atoms with Gasteiger partial charge in [0.25, 0.3) is 0 Å². The van der Waals surface area contributed by atoms with E-state index in [2.05, 4.69) is 65.8 Å². The molecule has 0 amide bonds. The predicted octanol–water partition coefficient (Wildman–Crippen LogP) is 6.99. The van der Waals surface area contributed by atoms with Gasteiger partial charge in [-0.3, -0.25) is 9.59 Å². The maximum absolute atomic E-state index is 13.3. The molecule has 0 N–H and O–H groups in total. The van der Waals surface area contributed by atoms with E-state index in [9.17, 15) is 14.0 Å². The minimum atomic E-state index is -2.03. The summed E-state index contributed by atoms with van der Waals surface area (Å²) in [6.45, 7) is 22.4. The van der Waals surface area contributed by atoms with Crippen molar-refractivity contribution in [2.45, 2.75) is 135 Å². The number of hydrogen-bond donors (Lipinski definition) is 0. The minimum absolute atomic E-state index is 0.0591. The molecule has 0 spiro atoms. The summed E-state index contributed by atoms with van der Waals surface area (Å²) in [4.78, 5) is 26.0. The number of ether oxygens (including phenoxy) is 2. The van der Waals surface area contributed by atoms with E-state index >= 15 is 0 Å². The first kappa shape index (κ1) is 35.4. The molecule has 1 aromatic rings. The molecule has 1 aromatic carbocycles. The largest absolute Gasteiger partial charge is 0.418 e. The Morgan fingerprint density at radius 2 is 1.52 bits per heavy atom. The molecule has 2 saturated heterocycles. The summed E-state index contributed by atoms with van der Waals surface area (Å²) < 4.78 is 45.4. The van der Waals surface area contributed by atoms with Crippen molar-refractivity contribution >= 4 is 36.5 Å². The molecule has 11 heteroatoms. The van der Waals surface area contributed by atoms with Crippen molar-refractivity contribution in [3.05, 3.63) is 35.6 Å².